The van der Waals surface area contributed by atoms with Crippen LogP contribution in [-0.2, 0) is 6.54 Å². The van der Waals surface area contributed by atoms with E-state index in [0.29, 0.717) is 6.04 Å². The Balaban J connectivity index is 2.47. The number of hydrogen-bond donors (Lipinski definition) is 1. The first-order chi connectivity index (χ1) is 7.11. The third kappa shape index (κ3) is 4.78. The molecule has 0 aromatic heterocycles. The molecule has 2 nitrogen and oxygen atoms in total. The first kappa shape index (κ1) is 12.7. The molecule has 0 saturated heterocycles. The van der Waals surface area contributed by atoms with Crippen LogP contribution in [-0.4, -0.2) is 31.6 Å². The van der Waals surface area contributed by atoms with Crippen molar-refractivity contribution in [1.82, 2.24) is 10.2 Å². The Hall–Kier alpha value is -0.380. The maximum atomic E-state index is 3.49. The fourth-order valence-corrected chi connectivity index (χ4v) is 2.02. The van der Waals surface area contributed by atoms with E-state index in [0.717, 1.165) is 17.6 Å². The highest BCUT2D eigenvalue weighted by Gasteiger charge is 2.04. The Labute approximate surface area is 101 Å². The minimum atomic E-state index is 0.530. The number of likely N-dealkylation sites (N-methyl/N-ethyl adjacent to an activating group) is 2. The van der Waals surface area contributed by atoms with Gasteiger partial charge in [-0.1, -0.05) is 28.1 Å². The van der Waals surface area contributed by atoms with Gasteiger partial charge >= 0.3 is 0 Å². The summed E-state index contributed by atoms with van der Waals surface area (Å²) < 4.78 is 1.15. The minimum Gasteiger partial charge on any atom is -0.316 e. The van der Waals surface area contributed by atoms with E-state index in [4.69, 9.17) is 0 Å². The molecule has 0 amide bonds. The maximum Gasteiger partial charge on any atom is 0.0231 e. The Morgan fingerprint density at radius 2 is 2.20 bits per heavy atom. The molecule has 1 rings (SSSR count). The van der Waals surface area contributed by atoms with Gasteiger partial charge < -0.3 is 10.2 Å². The van der Waals surface area contributed by atoms with Gasteiger partial charge in [0.2, 0.25) is 0 Å². The van der Waals surface area contributed by atoms with Crippen molar-refractivity contribution in [3.63, 3.8) is 0 Å². The molecular weight excluding hydrogens is 252 g/mol. The van der Waals surface area contributed by atoms with Gasteiger partial charge in [0.25, 0.3) is 0 Å². The third-order valence-corrected chi connectivity index (χ3v) is 2.91. The number of benzene rings is 1. The SMILES string of the molecule is CNC(C)CN(C)Cc1cccc(Br)c1. The molecule has 84 valence electrons. The van der Waals surface area contributed by atoms with Crippen molar-refractivity contribution < 1.29 is 0 Å². The van der Waals surface area contributed by atoms with E-state index in [1.165, 1.54) is 5.56 Å². The lowest BCUT2D eigenvalue weighted by molar-refractivity contribution is 0.295. The van der Waals surface area contributed by atoms with E-state index in [1.54, 1.807) is 0 Å². The molecular formula is C12H19BrN2. The summed E-state index contributed by atoms with van der Waals surface area (Å²) in [4.78, 5) is 2.32. The average Bonchev–Trinajstić information content (AvgIpc) is 2.17. The number of hydrogen-bond acceptors (Lipinski definition) is 2. The van der Waals surface area contributed by atoms with Gasteiger partial charge in [-0.3, -0.25) is 0 Å². The first-order valence-electron chi connectivity index (χ1n) is 5.22. The highest BCUT2D eigenvalue weighted by Crippen LogP contribution is 2.12. The summed E-state index contributed by atoms with van der Waals surface area (Å²) in [5, 5.41) is 3.24. The van der Waals surface area contributed by atoms with Gasteiger partial charge in [-0.2, -0.15) is 0 Å². The lowest BCUT2D eigenvalue weighted by Crippen LogP contribution is -2.34. The predicted molar refractivity (Wildman–Crippen MR) is 69.0 cm³/mol. The predicted octanol–water partition coefficient (Wildman–Crippen LogP) is 2.49. The number of halogens is 1. The van der Waals surface area contributed by atoms with E-state index in [9.17, 15) is 0 Å². The molecule has 1 aromatic carbocycles. The molecule has 0 spiro atoms. The zero-order valence-corrected chi connectivity index (χ0v) is 11.2. The second-order valence-corrected chi connectivity index (χ2v) is 4.93. The average molecular weight is 271 g/mol. The minimum absolute atomic E-state index is 0.530. The molecule has 0 fully saturated rings. The van der Waals surface area contributed by atoms with E-state index < -0.39 is 0 Å². The molecule has 0 heterocycles. The van der Waals surface area contributed by atoms with Crippen LogP contribution in [0.25, 0.3) is 0 Å². The molecule has 1 aromatic rings. The summed E-state index contributed by atoms with van der Waals surface area (Å²) >= 11 is 3.49. The quantitative estimate of drug-likeness (QED) is 0.885. The van der Waals surface area contributed by atoms with Gasteiger partial charge in [0.05, 0.1) is 0 Å². The van der Waals surface area contributed by atoms with Crippen LogP contribution in [0.15, 0.2) is 28.7 Å². The molecule has 0 saturated carbocycles. The Bertz CT molecular complexity index is 301. The smallest absolute Gasteiger partial charge is 0.0231 e. The van der Waals surface area contributed by atoms with E-state index >= 15 is 0 Å². The third-order valence-electron chi connectivity index (χ3n) is 2.42. The fraction of sp³-hybridized carbons (Fsp3) is 0.500. The number of nitrogens with zero attached hydrogens (tertiary/aromatic N) is 1. The van der Waals surface area contributed by atoms with Crippen LogP contribution >= 0.6 is 15.9 Å². The van der Waals surface area contributed by atoms with Crippen molar-refractivity contribution in [3.8, 4) is 0 Å². The molecule has 0 aliphatic rings. The van der Waals surface area contributed by atoms with Crippen LogP contribution in [0.1, 0.15) is 12.5 Å². The van der Waals surface area contributed by atoms with Crippen molar-refractivity contribution >= 4 is 15.9 Å². The topological polar surface area (TPSA) is 15.3 Å². The normalized spacial score (nSPS) is 13.1. The van der Waals surface area contributed by atoms with Crippen molar-refractivity contribution in [3.05, 3.63) is 34.3 Å². The fourth-order valence-electron chi connectivity index (χ4n) is 1.57. The van der Waals surface area contributed by atoms with Crippen LogP contribution < -0.4 is 5.32 Å². The van der Waals surface area contributed by atoms with Gasteiger partial charge in [0, 0.05) is 23.6 Å². The second-order valence-electron chi connectivity index (χ2n) is 4.02. The molecule has 1 atom stereocenters. The number of rotatable bonds is 5. The molecule has 15 heavy (non-hydrogen) atoms. The molecule has 3 heteroatoms. The standard InChI is InChI=1S/C12H19BrN2/c1-10(14-2)8-15(3)9-11-5-4-6-12(13)7-11/h4-7,10,14H,8-9H2,1-3H3. The van der Waals surface area contributed by atoms with Crippen molar-refractivity contribution in [2.45, 2.75) is 19.5 Å². The molecule has 0 radical (unpaired) electrons. The summed E-state index contributed by atoms with van der Waals surface area (Å²) in [6, 6.07) is 8.99. The summed E-state index contributed by atoms with van der Waals surface area (Å²) in [5.74, 6) is 0. The van der Waals surface area contributed by atoms with Crippen LogP contribution in [0.5, 0.6) is 0 Å². The largest absolute Gasteiger partial charge is 0.316 e. The molecule has 1 N–H and O–H groups in total. The van der Waals surface area contributed by atoms with Gasteiger partial charge in [0.15, 0.2) is 0 Å². The number of nitrogens with one attached hydrogen (secondary N) is 1. The van der Waals surface area contributed by atoms with Gasteiger partial charge in [-0.15, -0.1) is 0 Å². The van der Waals surface area contributed by atoms with Crippen LogP contribution in [0.3, 0.4) is 0 Å². The van der Waals surface area contributed by atoms with E-state index in [1.807, 2.05) is 7.05 Å². The zero-order chi connectivity index (χ0) is 11.3. The maximum absolute atomic E-state index is 3.49. The monoisotopic (exact) mass is 270 g/mol. The van der Waals surface area contributed by atoms with Crippen LogP contribution in [0.4, 0.5) is 0 Å². The zero-order valence-electron chi connectivity index (χ0n) is 9.63. The van der Waals surface area contributed by atoms with Gasteiger partial charge in [-0.05, 0) is 38.7 Å². The van der Waals surface area contributed by atoms with Crippen LogP contribution in [0, 0.1) is 0 Å². The Morgan fingerprint density at radius 1 is 1.47 bits per heavy atom. The van der Waals surface area contributed by atoms with Crippen LogP contribution in [0.2, 0.25) is 0 Å². The first-order valence-corrected chi connectivity index (χ1v) is 6.01. The molecule has 1 unspecified atom stereocenters. The van der Waals surface area contributed by atoms with E-state index in [-0.39, 0.29) is 0 Å². The van der Waals surface area contributed by atoms with Crippen molar-refractivity contribution in [2.75, 3.05) is 20.6 Å². The second kappa shape index (κ2) is 6.26. The summed E-state index contributed by atoms with van der Waals surface area (Å²) in [5.41, 5.74) is 1.34. The lowest BCUT2D eigenvalue weighted by atomic mass is 10.2. The molecule has 0 aliphatic heterocycles. The summed E-state index contributed by atoms with van der Waals surface area (Å²) in [6.45, 7) is 4.24. The molecule has 0 aliphatic carbocycles. The Morgan fingerprint density at radius 3 is 2.80 bits per heavy atom. The molecule has 0 bridgehead atoms. The van der Waals surface area contributed by atoms with Crippen molar-refractivity contribution in [2.24, 2.45) is 0 Å². The lowest BCUT2D eigenvalue weighted by Gasteiger charge is -2.21. The van der Waals surface area contributed by atoms with Gasteiger partial charge in [-0.25, -0.2) is 0 Å². The Kier molecular flexibility index (Phi) is 5.29. The summed E-state index contributed by atoms with van der Waals surface area (Å²) in [6.07, 6.45) is 0. The van der Waals surface area contributed by atoms with E-state index in [2.05, 4.69) is 64.4 Å². The highest BCUT2D eigenvalue weighted by atomic mass is 79.9. The summed E-state index contributed by atoms with van der Waals surface area (Å²) in [7, 11) is 4.15. The van der Waals surface area contributed by atoms with Crippen molar-refractivity contribution in [1.29, 1.82) is 0 Å². The highest BCUT2D eigenvalue weighted by molar-refractivity contribution is 9.10. The van der Waals surface area contributed by atoms with Gasteiger partial charge in [0.1, 0.15) is 0 Å².